The molecule has 8 nitrogen and oxygen atoms in total. The predicted octanol–water partition coefficient (Wildman–Crippen LogP) is -1.88. The highest BCUT2D eigenvalue weighted by Gasteiger charge is 2.48. The van der Waals surface area contributed by atoms with Crippen LogP contribution in [0.15, 0.2) is 0 Å². The molecular weight excluding hydrogens is 296 g/mol. The second kappa shape index (κ2) is 7.06. The minimum Gasteiger partial charge on any atom is -0.388 e. The number of aliphatic hydroxyl groups excluding tert-OH is 5. The van der Waals surface area contributed by atoms with Crippen LogP contribution in [0.4, 0.5) is 0 Å². The standard InChI is InChI=1S/C14H26O8/c1-4-7-9(16)11(18)13(6(3)20-7)22-14-12(19)10(17)8(15)5(2)21-14/h5-19H,4H2,1-3H3/t5?,6?,7?,8?,9?,10-,11+,12?,13-,14?/m0/s1. The quantitative estimate of drug-likeness (QED) is 0.408. The smallest absolute Gasteiger partial charge is 0.187 e. The number of ether oxygens (including phenoxy) is 3. The van der Waals surface area contributed by atoms with Gasteiger partial charge in [0.1, 0.15) is 36.6 Å². The number of aliphatic hydroxyl groups is 5. The second-order valence-corrected chi connectivity index (χ2v) is 6.05. The Bertz CT molecular complexity index is 367. The van der Waals surface area contributed by atoms with E-state index in [4.69, 9.17) is 14.2 Å². The van der Waals surface area contributed by atoms with Gasteiger partial charge in [-0.2, -0.15) is 0 Å². The maximum atomic E-state index is 10.2. The minimum atomic E-state index is -1.47. The zero-order valence-corrected chi connectivity index (χ0v) is 12.9. The molecule has 7 unspecified atom stereocenters. The maximum absolute atomic E-state index is 10.2. The van der Waals surface area contributed by atoms with E-state index in [1.54, 1.807) is 6.92 Å². The molecule has 2 heterocycles. The number of rotatable bonds is 3. The third kappa shape index (κ3) is 3.29. The van der Waals surface area contributed by atoms with Crippen LogP contribution in [0.1, 0.15) is 27.2 Å². The summed E-state index contributed by atoms with van der Waals surface area (Å²) in [5, 5.41) is 49.6. The van der Waals surface area contributed by atoms with Crippen LogP contribution in [0.3, 0.4) is 0 Å². The van der Waals surface area contributed by atoms with E-state index in [1.165, 1.54) is 6.92 Å². The Morgan fingerprint density at radius 2 is 1.41 bits per heavy atom. The fourth-order valence-corrected chi connectivity index (χ4v) is 2.94. The van der Waals surface area contributed by atoms with Crippen LogP contribution in [0.25, 0.3) is 0 Å². The van der Waals surface area contributed by atoms with Gasteiger partial charge in [0.15, 0.2) is 6.29 Å². The monoisotopic (exact) mass is 322 g/mol. The summed E-state index contributed by atoms with van der Waals surface area (Å²) in [6.07, 6.45) is -9.80. The van der Waals surface area contributed by atoms with E-state index in [-0.39, 0.29) is 0 Å². The van der Waals surface area contributed by atoms with Crippen molar-refractivity contribution in [3.8, 4) is 0 Å². The molecule has 5 N–H and O–H groups in total. The molecule has 0 bridgehead atoms. The lowest BCUT2D eigenvalue weighted by Crippen LogP contribution is -2.62. The molecule has 10 atom stereocenters. The lowest BCUT2D eigenvalue weighted by atomic mass is 9.93. The summed E-state index contributed by atoms with van der Waals surface area (Å²) in [4.78, 5) is 0. The molecular formula is C14H26O8. The third-order valence-corrected chi connectivity index (χ3v) is 4.42. The minimum absolute atomic E-state index is 0.492. The van der Waals surface area contributed by atoms with Crippen LogP contribution in [0.5, 0.6) is 0 Å². The molecule has 0 aromatic carbocycles. The molecule has 0 aromatic rings. The maximum Gasteiger partial charge on any atom is 0.187 e. The molecule has 0 saturated carbocycles. The van der Waals surface area contributed by atoms with Gasteiger partial charge in [-0.25, -0.2) is 0 Å². The van der Waals surface area contributed by atoms with Gasteiger partial charge in [-0.1, -0.05) is 6.92 Å². The fourth-order valence-electron chi connectivity index (χ4n) is 2.94. The van der Waals surface area contributed by atoms with Gasteiger partial charge < -0.3 is 39.7 Å². The Morgan fingerprint density at radius 3 is 2.00 bits per heavy atom. The fraction of sp³-hybridized carbons (Fsp3) is 1.00. The highest BCUT2D eigenvalue weighted by Crippen LogP contribution is 2.29. The Hall–Kier alpha value is -0.320. The normalized spacial score (nSPS) is 53.5. The molecule has 8 heteroatoms. The Kier molecular flexibility index (Phi) is 5.79. The second-order valence-electron chi connectivity index (χ2n) is 6.05. The van der Waals surface area contributed by atoms with E-state index in [0.29, 0.717) is 6.42 Å². The van der Waals surface area contributed by atoms with Crippen LogP contribution < -0.4 is 0 Å². The molecule has 0 amide bonds. The molecule has 130 valence electrons. The van der Waals surface area contributed by atoms with Crippen molar-refractivity contribution >= 4 is 0 Å². The van der Waals surface area contributed by atoms with E-state index >= 15 is 0 Å². The zero-order chi connectivity index (χ0) is 16.6. The van der Waals surface area contributed by atoms with E-state index in [1.807, 2.05) is 6.92 Å². The first-order valence-electron chi connectivity index (χ1n) is 7.64. The Balaban J connectivity index is 2.06. The van der Waals surface area contributed by atoms with Crippen molar-refractivity contribution in [3.63, 3.8) is 0 Å². The molecule has 2 fully saturated rings. The van der Waals surface area contributed by atoms with Crippen LogP contribution in [-0.4, -0.2) is 86.8 Å². The van der Waals surface area contributed by atoms with Gasteiger partial charge in [0.2, 0.25) is 0 Å². The largest absolute Gasteiger partial charge is 0.388 e. The molecule has 0 radical (unpaired) electrons. The summed E-state index contributed by atoms with van der Waals surface area (Å²) in [6.45, 7) is 5.06. The van der Waals surface area contributed by atoms with Gasteiger partial charge in [-0.05, 0) is 20.3 Å². The van der Waals surface area contributed by atoms with Crippen molar-refractivity contribution in [2.45, 2.75) is 88.4 Å². The van der Waals surface area contributed by atoms with Gasteiger partial charge in [0, 0.05) is 0 Å². The average Bonchev–Trinajstić information content (AvgIpc) is 2.49. The first-order valence-corrected chi connectivity index (χ1v) is 7.64. The summed E-state index contributed by atoms with van der Waals surface area (Å²) in [5.41, 5.74) is 0. The molecule has 2 aliphatic rings. The molecule has 22 heavy (non-hydrogen) atoms. The lowest BCUT2D eigenvalue weighted by Gasteiger charge is -2.45. The van der Waals surface area contributed by atoms with Crippen molar-refractivity contribution in [1.29, 1.82) is 0 Å². The summed E-state index contributed by atoms with van der Waals surface area (Å²) < 4.78 is 16.5. The van der Waals surface area contributed by atoms with Crippen LogP contribution in [-0.2, 0) is 14.2 Å². The van der Waals surface area contributed by atoms with Gasteiger partial charge >= 0.3 is 0 Å². The SMILES string of the molecule is CCC1OC(C)[C@H](OC2OC(C)C(O)[C@H](O)C2O)[C@H](O)C1O. The summed E-state index contributed by atoms with van der Waals surface area (Å²) in [6, 6.07) is 0. The molecule has 2 saturated heterocycles. The van der Waals surface area contributed by atoms with Gasteiger partial charge in [0.05, 0.1) is 18.3 Å². The highest BCUT2D eigenvalue weighted by atomic mass is 16.7. The van der Waals surface area contributed by atoms with Gasteiger partial charge in [-0.15, -0.1) is 0 Å². The molecule has 0 aliphatic carbocycles. The molecule has 0 aromatic heterocycles. The van der Waals surface area contributed by atoms with E-state index in [2.05, 4.69) is 0 Å². The number of hydrogen-bond acceptors (Lipinski definition) is 8. The molecule has 2 aliphatic heterocycles. The van der Waals surface area contributed by atoms with Crippen molar-refractivity contribution in [2.24, 2.45) is 0 Å². The summed E-state index contributed by atoms with van der Waals surface area (Å²) in [7, 11) is 0. The van der Waals surface area contributed by atoms with Crippen molar-refractivity contribution in [2.75, 3.05) is 0 Å². The zero-order valence-electron chi connectivity index (χ0n) is 12.9. The topological polar surface area (TPSA) is 129 Å². The first kappa shape index (κ1) is 18.0. The Morgan fingerprint density at radius 1 is 0.773 bits per heavy atom. The van der Waals surface area contributed by atoms with Crippen LogP contribution in [0, 0.1) is 0 Å². The van der Waals surface area contributed by atoms with E-state index in [9.17, 15) is 25.5 Å². The number of hydrogen-bond donors (Lipinski definition) is 5. The summed E-state index contributed by atoms with van der Waals surface area (Å²) in [5.74, 6) is 0. The van der Waals surface area contributed by atoms with E-state index < -0.39 is 61.2 Å². The summed E-state index contributed by atoms with van der Waals surface area (Å²) >= 11 is 0. The predicted molar refractivity (Wildman–Crippen MR) is 73.9 cm³/mol. The molecule has 2 rings (SSSR count). The van der Waals surface area contributed by atoms with E-state index in [0.717, 1.165) is 0 Å². The first-order chi connectivity index (χ1) is 10.3. The van der Waals surface area contributed by atoms with Crippen molar-refractivity contribution in [1.82, 2.24) is 0 Å². The molecule has 0 spiro atoms. The van der Waals surface area contributed by atoms with Gasteiger partial charge in [0.25, 0.3) is 0 Å². The Labute approximate surface area is 129 Å². The van der Waals surface area contributed by atoms with Crippen LogP contribution in [0.2, 0.25) is 0 Å². The van der Waals surface area contributed by atoms with Crippen LogP contribution >= 0.6 is 0 Å². The lowest BCUT2D eigenvalue weighted by molar-refractivity contribution is -0.334. The van der Waals surface area contributed by atoms with Gasteiger partial charge in [-0.3, -0.25) is 0 Å². The van der Waals surface area contributed by atoms with Crippen molar-refractivity contribution < 1.29 is 39.7 Å². The highest BCUT2D eigenvalue weighted by molar-refractivity contribution is 4.93. The average molecular weight is 322 g/mol. The van der Waals surface area contributed by atoms with Crippen molar-refractivity contribution in [3.05, 3.63) is 0 Å². The third-order valence-electron chi connectivity index (χ3n) is 4.42.